The Hall–Kier alpha value is -1.78. The fraction of sp³-hybridized carbons (Fsp3) is 0.529. The Kier molecular flexibility index (Phi) is 4.81. The lowest BCUT2D eigenvalue weighted by molar-refractivity contribution is -0.134. The Labute approximate surface area is 161 Å². The van der Waals surface area contributed by atoms with Crippen LogP contribution in [0.4, 0.5) is 9.52 Å². The van der Waals surface area contributed by atoms with Crippen molar-refractivity contribution in [2.24, 2.45) is 0 Å². The number of carbonyl (C=O) groups excluding carboxylic acids is 1. The number of amides is 1. The third-order valence-corrected chi connectivity index (χ3v) is 7.48. The van der Waals surface area contributed by atoms with Crippen LogP contribution in [0.2, 0.25) is 0 Å². The number of hydrogen-bond donors (Lipinski definition) is 0. The van der Waals surface area contributed by atoms with Crippen molar-refractivity contribution >= 4 is 42.6 Å². The first-order valence-electron chi connectivity index (χ1n) is 8.89. The Morgan fingerprint density at radius 3 is 2.67 bits per heavy atom. The van der Waals surface area contributed by atoms with Crippen molar-refractivity contribution < 1.29 is 17.6 Å². The quantitative estimate of drug-likeness (QED) is 0.764. The van der Waals surface area contributed by atoms with Crippen LogP contribution in [0.5, 0.6) is 0 Å². The van der Waals surface area contributed by atoms with Crippen molar-refractivity contribution in [1.82, 2.24) is 14.2 Å². The van der Waals surface area contributed by atoms with Gasteiger partial charge in [0.05, 0.1) is 16.5 Å². The Morgan fingerprint density at radius 2 is 1.96 bits per heavy atom. The Bertz CT molecular complexity index is 970. The molecule has 0 aliphatic carbocycles. The number of sulfonamides is 1. The van der Waals surface area contributed by atoms with Crippen molar-refractivity contribution in [3.8, 4) is 0 Å². The smallest absolute Gasteiger partial charge is 0.241 e. The summed E-state index contributed by atoms with van der Waals surface area (Å²) in [7, 11) is -3.37. The zero-order valence-electron chi connectivity index (χ0n) is 15.0. The Morgan fingerprint density at radius 1 is 1.22 bits per heavy atom. The average molecular weight is 413 g/mol. The van der Waals surface area contributed by atoms with Gasteiger partial charge in [0.1, 0.15) is 11.9 Å². The number of aromatic nitrogens is 1. The van der Waals surface area contributed by atoms with Crippen LogP contribution in [0.3, 0.4) is 0 Å². The van der Waals surface area contributed by atoms with Crippen LogP contribution in [0, 0.1) is 5.82 Å². The van der Waals surface area contributed by atoms with Gasteiger partial charge >= 0.3 is 0 Å². The maximum atomic E-state index is 13.4. The van der Waals surface area contributed by atoms with Crippen molar-refractivity contribution in [3.63, 3.8) is 0 Å². The zero-order chi connectivity index (χ0) is 19.2. The molecule has 2 aliphatic heterocycles. The molecule has 1 unspecified atom stereocenters. The molecule has 7 nitrogen and oxygen atoms in total. The van der Waals surface area contributed by atoms with Gasteiger partial charge in [-0.2, -0.15) is 4.31 Å². The van der Waals surface area contributed by atoms with E-state index < -0.39 is 16.1 Å². The van der Waals surface area contributed by atoms with E-state index in [9.17, 15) is 17.6 Å². The van der Waals surface area contributed by atoms with Crippen LogP contribution in [-0.4, -0.2) is 73.5 Å². The van der Waals surface area contributed by atoms with E-state index in [4.69, 9.17) is 0 Å². The minimum absolute atomic E-state index is 0.107. The fourth-order valence-electron chi connectivity index (χ4n) is 3.73. The monoisotopic (exact) mass is 412 g/mol. The largest absolute Gasteiger partial charge is 0.345 e. The lowest BCUT2D eigenvalue weighted by Crippen LogP contribution is -2.54. The molecule has 2 saturated heterocycles. The van der Waals surface area contributed by atoms with Gasteiger partial charge in [0.25, 0.3) is 0 Å². The minimum Gasteiger partial charge on any atom is -0.345 e. The predicted molar refractivity (Wildman–Crippen MR) is 103 cm³/mol. The summed E-state index contributed by atoms with van der Waals surface area (Å²) < 4.78 is 39.3. The zero-order valence-corrected chi connectivity index (χ0v) is 16.6. The number of halogens is 1. The first-order chi connectivity index (χ1) is 12.8. The standard InChI is InChI=1S/C17H21FN4O3S2/c1-27(24,25)22-6-2-3-14(22)16(23)20-7-9-21(10-8-20)17-19-13-5-4-12(18)11-15(13)26-17/h4-5,11,14H,2-3,6-10H2,1H3. The van der Waals surface area contributed by atoms with Crippen LogP contribution < -0.4 is 4.90 Å². The Balaban J connectivity index is 1.43. The molecule has 2 aliphatic rings. The van der Waals surface area contributed by atoms with Gasteiger partial charge in [0.15, 0.2) is 5.13 Å². The molecule has 3 heterocycles. The molecule has 4 rings (SSSR count). The van der Waals surface area contributed by atoms with E-state index in [0.29, 0.717) is 45.6 Å². The molecule has 0 radical (unpaired) electrons. The summed E-state index contributed by atoms with van der Waals surface area (Å²) in [6.07, 6.45) is 2.45. The second-order valence-electron chi connectivity index (χ2n) is 6.95. The number of benzene rings is 1. The number of hydrogen-bond acceptors (Lipinski definition) is 6. The molecule has 0 spiro atoms. The predicted octanol–water partition coefficient (Wildman–Crippen LogP) is 1.51. The maximum Gasteiger partial charge on any atom is 0.241 e. The number of nitrogens with zero attached hydrogens (tertiary/aromatic N) is 4. The average Bonchev–Trinajstić information content (AvgIpc) is 3.27. The number of rotatable bonds is 3. The van der Waals surface area contributed by atoms with Gasteiger partial charge in [-0.3, -0.25) is 4.79 Å². The van der Waals surface area contributed by atoms with E-state index in [1.54, 1.807) is 11.0 Å². The van der Waals surface area contributed by atoms with Crippen molar-refractivity contribution in [2.45, 2.75) is 18.9 Å². The molecule has 0 saturated carbocycles. The van der Waals surface area contributed by atoms with Gasteiger partial charge in [-0.15, -0.1) is 0 Å². The normalized spacial score (nSPS) is 21.9. The lowest BCUT2D eigenvalue weighted by Gasteiger charge is -2.36. The lowest BCUT2D eigenvalue weighted by atomic mass is 10.2. The highest BCUT2D eigenvalue weighted by molar-refractivity contribution is 7.88. The fourth-order valence-corrected chi connectivity index (χ4v) is 5.90. The van der Waals surface area contributed by atoms with Crippen LogP contribution >= 0.6 is 11.3 Å². The van der Waals surface area contributed by atoms with Crippen LogP contribution in [-0.2, 0) is 14.8 Å². The summed E-state index contributed by atoms with van der Waals surface area (Å²) >= 11 is 1.44. The highest BCUT2D eigenvalue weighted by Crippen LogP contribution is 2.30. The molecule has 1 aromatic carbocycles. The van der Waals surface area contributed by atoms with E-state index in [0.717, 1.165) is 21.6 Å². The summed E-state index contributed by atoms with van der Waals surface area (Å²) in [6, 6.07) is 3.98. The van der Waals surface area contributed by atoms with Crippen LogP contribution in [0.15, 0.2) is 18.2 Å². The molecule has 2 fully saturated rings. The number of piperazine rings is 1. The van der Waals surface area contributed by atoms with Crippen molar-refractivity contribution in [1.29, 1.82) is 0 Å². The van der Waals surface area contributed by atoms with E-state index in [1.807, 2.05) is 0 Å². The van der Waals surface area contributed by atoms with Gasteiger partial charge in [-0.25, -0.2) is 17.8 Å². The molecule has 0 bridgehead atoms. The first kappa shape index (κ1) is 18.6. The molecular formula is C17H21FN4O3S2. The molecule has 1 atom stereocenters. The van der Waals surface area contributed by atoms with Gasteiger partial charge in [0, 0.05) is 32.7 Å². The minimum atomic E-state index is -3.37. The molecular weight excluding hydrogens is 391 g/mol. The summed E-state index contributed by atoms with van der Waals surface area (Å²) in [5.41, 5.74) is 0.768. The van der Waals surface area contributed by atoms with E-state index in [-0.39, 0.29) is 11.7 Å². The van der Waals surface area contributed by atoms with Crippen molar-refractivity contribution in [2.75, 3.05) is 43.9 Å². The number of fused-ring (bicyclic) bond motifs is 1. The SMILES string of the molecule is CS(=O)(=O)N1CCCC1C(=O)N1CCN(c2nc3ccc(F)cc3s2)CC1. The van der Waals surface area contributed by atoms with Gasteiger partial charge in [0.2, 0.25) is 15.9 Å². The molecule has 2 aromatic rings. The van der Waals surface area contributed by atoms with E-state index in [1.165, 1.54) is 27.8 Å². The summed E-state index contributed by atoms with van der Waals surface area (Å²) in [5.74, 6) is -0.385. The molecule has 1 aromatic heterocycles. The summed E-state index contributed by atoms with van der Waals surface area (Å²) in [5, 5.41) is 0.821. The first-order valence-corrected chi connectivity index (χ1v) is 11.6. The van der Waals surface area contributed by atoms with E-state index >= 15 is 0 Å². The second-order valence-corrected chi connectivity index (χ2v) is 9.90. The summed E-state index contributed by atoms with van der Waals surface area (Å²) in [4.78, 5) is 21.2. The van der Waals surface area contributed by atoms with Gasteiger partial charge in [-0.1, -0.05) is 11.3 Å². The number of anilines is 1. The molecule has 146 valence electrons. The van der Waals surface area contributed by atoms with E-state index in [2.05, 4.69) is 9.88 Å². The van der Waals surface area contributed by atoms with Gasteiger partial charge < -0.3 is 9.80 Å². The third kappa shape index (κ3) is 3.65. The maximum absolute atomic E-state index is 13.4. The van der Waals surface area contributed by atoms with Crippen molar-refractivity contribution in [3.05, 3.63) is 24.0 Å². The highest BCUT2D eigenvalue weighted by atomic mass is 32.2. The highest BCUT2D eigenvalue weighted by Gasteiger charge is 2.39. The molecule has 27 heavy (non-hydrogen) atoms. The molecule has 10 heteroatoms. The van der Waals surface area contributed by atoms with Gasteiger partial charge in [-0.05, 0) is 31.0 Å². The second kappa shape index (κ2) is 6.99. The molecule has 0 N–H and O–H groups in total. The van der Waals surface area contributed by atoms with Crippen LogP contribution in [0.25, 0.3) is 10.2 Å². The topological polar surface area (TPSA) is 73.8 Å². The van der Waals surface area contributed by atoms with Crippen LogP contribution in [0.1, 0.15) is 12.8 Å². The third-order valence-electron chi connectivity index (χ3n) is 5.12. The number of thiazole rings is 1. The summed E-state index contributed by atoms with van der Waals surface area (Å²) in [6.45, 7) is 2.71. The number of carbonyl (C=O) groups is 1. The molecule has 1 amide bonds.